The van der Waals surface area contributed by atoms with Gasteiger partial charge in [0, 0.05) is 37.7 Å². The summed E-state index contributed by atoms with van der Waals surface area (Å²) in [4.78, 5) is 14.0. The summed E-state index contributed by atoms with van der Waals surface area (Å²) < 4.78 is 5.83. The van der Waals surface area contributed by atoms with Crippen molar-refractivity contribution in [3.63, 3.8) is 0 Å². The quantitative estimate of drug-likeness (QED) is 0.903. The predicted molar refractivity (Wildman–Crippen MR) is 97.0 cm³/mol. The van der Waals surface area contributed by atoms with Gasteiger partial charge in [-0.25, -0.2) is 0 Å². The molecule has 0 aliphatic carbocycles. The Labute approximate surface area is 144 Å². The van der Waals surface area contributed by atoms with E-state index >= 15 is 0 Å². The van der Waals surface area contributed by atoms with Gasteiger partial charge in [0.25, 0.3) is 0 Å². The second-order valence-corrected chi connectivity index (χ2v) is 6.77. The molecule has 1 aromatic rings. The Morgan fingerprint density at radius 3 is 2.96 bits per heavy atom. The second kappa shape index (κ2) is 7.84. The van der Waals surface area contributed by atoms with Crippen LogP contribution in [-0.4, -0.2) is 43.1 Å². The SMILES string of the molecule is CCC(=O)N1CCC(NCC2=Cc3ccccc3OC2)C(CC)C1. The molecule has 0 spiro atoms. The molecule has 1 fully saturated rings. The third kappa shape index (κ3) is 3.81. The highest BCUT2D eigenvalue weighted by Crippen LogP contribution is 2.26. The van der Waals surface area contributed by atoms with Crippen molar-refractivity contribution in [3.05, 3.63) is 35.4 Å². The van der Waals surface area contributed by atoms with Crippen LogP contribution in [0.4, 0.5) is 0 Å². The zero-order valence-electron chi connectivity index (χ0n) is 14.8. The average molecular weight is 328 g/mol. The molecule has 24 heavy (non-hydrogen) atoms. The highest BCUT2D eigenvalue weighted by Gasteiger charge is 2.29. The van der Waals surface area contributed by atoms with Gasteiger partial charge in [-0.05, 0) is 30.1 Å². The van der Waals surface area contributed by atoms with Crippen LogP contribution < -0.4 is 10.1 Å². The van der Waals surface area contributed by atoms with Crippen LogP contribution in [0.3, 0.4) is 0 Å². The maximum absolute atomic E-state index is 11.9. The zero-order valence-corrected chi connectivity index (χ0v) is 14.8. The Balaban J connectivity index is 1.57. The summed E-state index contributed by atoms with van der Waals surface area (Å²) in [5.74, 6) is 1.79. The monoisotopic (exact) mass is 328 g/mol. The Morgan fingerprint density at radius 1 is 1.33 bits per heavy atom. The van der Waals surface area contributed by atoms with Gasteiger partial charge >= 0.3 is 0 Å². The predicted octanol–water partition coefficient (Wildman–Crippen LogP) is 3.09. The minimum absolute atomic E-state index is 0.284. The molecule has 1 aromatic carbocycles. The van der Waals surface area contributed by atoms with E-state index in [-0.39, 0.29) is 5.91 Å². The summed E-state index contributed by atoms with van der Waals surface area (Å²) in [5, 5.41) is 3.71. The van der Waals surface area contributed by atoms with Gasteiger partial charge in [-0.3, -0.25) is 4.79 Å². The summed E-state index contributed by atoms with van der Waals surface area (Å²) in [6.07, 6.45) is 4.99. The zero-order chi connectivity index (χ0) is 16.9. The van der Waals surface area contributed by atoms with Gasteiger partial charge < -0.3 is 15.0 Å². The maximum Gasteiger partial charge on any atom is 0.222 e. The van der Waals surface area contributed by atoms with E-state index in [0.29, 0.717) is 25.0 Å². The highest BCUT2D eigenvalue weighted by atomic mass is 16.5. The van der Waals surface area contributed by atoms with Crippen molar-refractivity contribution in [3.8, 4) is 5.75 Å². The van der Waals surface area contributed by atoms with E-state index in [1.54, 1.807) is 0 Å². The van der Waals surface area contributed by atoms with E-state index in [1.807, 2.05) is 30.0 Å². The number of fused-ring (bicyclic) bond motifs is 1. The van der Waals surface area contributed by atoms with Crippen LogP contribution in [0.1, 0.15) is 38.7 Å². The number of rotatable bonds is 5. The number of nitrogens with zero attached hydrogens (tertiary/aromatic N) is 1. The van der Waals surface area contributed by atoms with Crippen molar-refractivity contribution in [2.24, 2.45) is 5.92 Å². The molecule has 1 N–H and O–H groups in total. The van der Waals surface area contributed by atoms with Gasteiger partial charge in [0.15, 0.2) is 0 Å². The van der Waals surface area contributed by atoms with Crippen LogP contribution in [0, 0.1) is 5.92 Å². The van der Waals surface area contributed by atoms with Crippen LogP contribution in [-0.2, 0) is 4.79 Å². The molecule has 2 heterocycles. The summed E-state index contributed by atoms with van der Waals surface area (Å²) in [6.45, 7) is 7.45. The number of carbonyl (C=O) groups is 1. The number of likely N-dealkylation sites (tertiary alicyclic amines) is 1. The van der Waals surface area contributed by atoms with E-state index in [0.717, 1.165) is 43.8 Å². The first-order valence-electron chi connectivity index (χ1n) is 9.13. The molecule has 2 atom stereocenters. The van der Waals surface area contributed by atoms with Crippen molar-refractivity contribution < 1.29 is 9.53 Å². The molecule has 2 unspecified atom stereocenters. The summed E-state index contributed by atoms with van der Waals surface area (Å²) in [6, 6.07) is 8.64. The summed E-state index contributed by atoms with van der Waals surface area (Å²) >= 11 is 0. The number of nitrogens with one attached hydrogen (secondary N) is 1. The Bertz CT molecular complexity index is 611. The number of piperidine rings is 1. The first kappa shape index (κ1) is 17.0. The fraction of sp³-hybridized carbons (Fsp3) is 0.550. The highest BCUT2D eigenvalue weighted by molar-refractivity contribution is 5.75. The molecule has 3 rings (SSSR count). The molecule has 4 nitrogen and oxygen atoms in total. The number of hydrogen-bond donors (Lipinski definition) is 1. The number of benzene rings is 1. The van der Waals surface area contributed by atoms with Crippen LogP contribution in [0.25, 0.3) is 6.08 Å². The van der Waals surface area contributed by atoms with E-state index in [4.69, 9.17) is 4.74 Å². The third-order valence-electron chi connectivity index (χ3n) is 5.20. The summed E-state index contributed by atoms with van der Waals surface area (Å²) in [5.41, 5.74) is 2.45. The molecule has 0 radical (unpaired) electrons. The van der Waals surface area contributed by atoms with Crippen LogP contribution in [0.5, 0.6) is 5.75 Å². The van der Waals surface area contributed by atoms with Crippen molar-refractivity contribution in [2.45, 2.75) is 39.2 Å². The van der Waals surface area contributed by atoms with Gasteiger partial charge in [0.1, 0.15) is 12.4 Å². The molecule has 2 aliphatic rings. The molecule has 0 aromatic heterocycles. The number of amides is 1. The minimum atomic E-state index is 0.284. The molecular weight excluding hydrogens is 300 g/mol. The van der Waals surface area contributed by atoms with Gasteiger partial charge in [-0.1, -0.05) is 38.5 Å². The Kier molecular flexibility index (Phi) is 5.56. The molecule has 0 saturated carbocycles. The van der Waals surface area contributed by atoms with Gasteiger partial charge in [0.05, 0.1) is 0 Å². The smallest absolute Gasteiger partial charge is 0.222 e. The standard InChI is InChI=1S/C20H28N2O2/c1-3-16-13-22(20(23)4-2)10-9-18(16)21-12-15-11-17-7-5-6-8-19(17)24-14-15/h5-8,11,16,18,21H,3-4,9-10,12-14H2,1-2H3. The molecule has 2 aliphatic heterocycles. The molecule has 130 valence electrons. The fourth-order valence-corrected chi connectivity index (χ4v) is 3.69. The minimum Gasteiger partial charge on any atom is -0.489 e. The van der Waals surface area contributed by atoms with Crippen LogP contribution >= 0.6 is 0 Å². The number of ether oxygens (including phenoxy) is 1. The lowest BCUT2D eigenvalue weighted by Gasteiger charge is -2.39. The first-order chi connectivity index (χ1) is 11.7. The topological polar surface area (TPSA) is 41.6 Å². The maximum atomic E-state index is 11.9. The van der Waals surface area contributed by atoms with E-state index in [1.165, 1.54) is 5.57 Å². The van der Waals surface area contributed by atoms with E-state index in [2.05, 4.69) is 24.4 Å². The fourth-order valence-electron chi connectivity index (χ4n) is 3.69. The third-order valence-corrected chi connectivity index (χ3v) is 5.20. The van der Waals surface area contributed by atoms with Crippen molar-refractivity contribution >= 4 is 12.0 Å². The van der Waals surface area contributed by atoms with Crippen molar-refractivity contribution in [1.82, 2.24) is 10.2 Å². The van der Waals surface area contributed by atoms with Crippen molar-refractivity contribution in [2.75, 3.05) is 26.2 Å². The Morgan fingerprint density at radius 2 is 2.17 bits per heavy atom. The van der Waals surface area contributed by atoms with Gasteiger partial charge in [-0.2, -0.15) is 0 Å². The molecular formula is C20H28N2O2. The number of hydrogen-bond acceptors (Lipinski definition) is 3. The van der Waals surface area contributed by atoms with Crippen molar-refractivity contribution in [1.29, 1.82) is 0 Å². The first-order valence-corrected chi connectivity index (χ1v) is 9.13. The lowest BCUT2D eigenvalue weighted by Crippen LogP contribution is -2.51. The molecule has 4 heteroatoms. The molecule has 1 amide bonds. The van der Waals surface area contributed by atoms with Gasteiger partial charge in [0.2, 0.25) is 5.91 Å². The molecule has 0 bridgehead atoms. The Hall–Kier alpha value is -1.81. The van der Waals surface area contributed by atoms with E-state index in [9.17, 15) is 4.79 Å². The number of carbonyl (C=O) groups excluding carboxylic acids is 1. The lowest BCUT2D eigenvalue weighted by atomic mass is 9.89. The second-order valence-electron chi connectivity index (χ2n) is 6.77. The number of para-hydroxylation sites is 1. The lowest BCUT2D eigenvalue weighted by molar-refractivity contribution is -0.133. The largest absolute Gasteiger partial charge is 0.489 e. The molecule has 1 saturated heterocycles. The van der Waals surface area contributed by atoms with E-state index < -0.39 is 0 Å². The van der Waals surface area contributed by atoms with Crippen LogP contribution in [0.2, 0.25) is 0 Å². The van der Waals surface area contributed by atoms with Crippen LogP contribution in [0.15, 0.2) is 29.8 Å². The summed E-state index contributed by atoms with van der Waals surface area (Å²) in [7, 11) is 0. The van der Waals surface area contributed by atoms with Gasteiger partial charge in [-0.15, -0.1) is 0 Å². The normalized spacial score (nSPS) is 23.2. The average Bonchev–Trinajstić information content (AvgIpc) is 2.65.